The van der Waals surface area contributed by atoms with Gasteiger partial charge < -0.3 is 14.6 Å². The lowest BCUT2D eigenvalue weighted by Crippen LogP contribution is -3.00. The molecule has 0 spiro atoms. The van der Waals surface area contributed by atoms with E-state index < -0.39 is 10.1 Å². The number of aromatic hydroxyl groups is 1. The van der Waals surface area contributed by atoms with E-state index in [2.05, 4.69) is 0 Å². The third-order valence-electron chi connectivity index (χ3n) is 2.75. The van der Waals surface area contributed by atoms with Gasteiger partial charge in [0.2, 0.25) is 0 Å². The molecule has 0 aliphatic carbocycles. The first-order chi connectivity index (χ1) is 9.70. The number of nitrogens with one attached hydrogen (secondary N) is 1. The summed E-state index contributed by atoms with van der Waals surface area (Å²) >= 11 is 0. The summed E-state index contributed by atoms with van der Waals surface area (Å²) < 4.78 is 31.2. The molecule has 6 heteroatoms. The zero-order valence-corrected chi connectivity index (χ0v) is 13.0. The van der Waals surface area contributed by atoms with E-state index in [4.69, 9.17) is 5.11 Å². The van der Waals surface area contributed by atoms with Crippen molar-refractivity contribution in [3.05, 3.63) is 54.1 Å². The Balaban J connectivity index is 0.000000211. The van der Waals surface area contributed by atoms with Gasteiger partial charge in [-0.05, 0) is 31.2 Å². The molecule has 2 aromatic carbocycles. The van der Waals surface area contributed by atoms with Crippen molar-refractivity contribution in [2.75, 3.05) is 14.1 Å². The molecule has 0 amide bonds. The van der Waals surface area contributed by atoms with Gasteiger partial charge in [-0.15, -0.1) is 0 Å². The minimum Gasteiger partial charge on any atom is -0.744 e. The summed E-state index contributed by atoms with van der Waals surface area (Å²) in [6, 6.07) is 13.0. The summed E-state index contributed by atoms with van der Waals surface area (Å²) in [7, 11) is -0.174. The fraction of sp³-hybridized carbons (Fsp3) is 0.200. The van der Waals surface area contributed by atoms with E-state index in [9.17, 15) is 13.0 Å². The van der Waals surface area contributed by atoms with Crippen molar-refractivity contribution in [3.63, 3.8) is 0 Å². The van der Waals surface area contributed by atoms with E-state index >= 15 is 0 Å². The van der Waals surface area contributed by atoms with Crippen LogP contribution in [0.4, 0.5) is 5.69 Å². The van der Waals surface area contributed by atoms with E-state index in [-0.39, 0.29) is 4.90 Å². The van der Waals surface area contributed by atoms with E-state index in [1.807, 2.05) is 33.2 Å². The number of rotatable bonds is 2. The van der Waals surface area contributed by atoms with Crippen LogP contribution < -0.4 is 4.90 Å². The average Bonchev–Trinajstić information content (AvgIpc) is 2.39. The molecule has 0 aromatic heterocycles. The molecule has 114 valence electrons. The normalized spacial score (nSPS) is 10.9. The second-order valence-electron chi connectivity index (χ2n) is 4.81. The molecule has 2 N–H and O–H groups in total. The highest BCUT2D eigenvalue weighted by Gasteiger charge is 1.98. The highest BCUT2D eigenvalue weighted by Crippen LogP contribution is 2.09. The van der Waals surface area contributed by atoms with Gasteiger partial charge in [-0.1, -0.05) is 17.7 Å². The predicted molar refractivity (Wildman–Crippen MR) is 79.7 cm³/mol. The topological polar surface area (TPSA) is 81.9 Å². The number of hydrogen-bond donors (Lipinski definition) is 2. The van der Waals surface area contributed by atoms with Crippen molar-refractivity contribution in [3.8, 4) is 5.75 Å². The maximum atomic E-state index is 10.4. The first-order valence-corrected chi connectivity index (χ1v) is 7.73. The third-order valence-corrected chi connectivity index (χ3v) is 3.60. The molecule has 2 aromatic rings. The highest BCUT2D eigenvalue weighted by molar-refractivity contribution is 7.85. The second-order valence-corrected chi connectivity index (χ2v) is 6.19. The SMILES string of the molecule is C[NH+](C)c1ccc(O)cc1.Cc1ccc(S(=O)(=O)[O-])cc1. The molecular formula is C15H19NO4S. The molecule has 0 saturated heterocycles. The van der Waals surface area contributed by atoms with Crippen LogP contribution in [0, 0.1) is 6.92 Å². The van der Waals surface area contributed by atoms with Crippen molar-refractivity contribution in [2.24, 2.45) is 0 Å². The number of benzene rings is 2. The smallest absolute Gasteiger partial charge is 0.131 e. The highest BCUT2D eigenvalue weighted by atomic mass is 32.2. The number of aryl methyl sites for hydroxylation is 1. The molecule has 0 bridgehead atoms. The maximum Gasteiger partial charge on any atom is 0.131 e. The van der Waals surface area contributed by atoms with E-state index in [1.165, 1.54) is 22.7 Å². The first-order valence-electron chi connectivity index (χ1n) is 6.32. The van der Waals surface area contributed by atoms with Crippen LogP contribution in [0.3, 0.4) is 0 Å². The lowest BCUT2D eigenvalue weighted by atomic mass is 10.2. The Bertz CT molecular complexity index is 662. The van der Waals surface area contributed by atoms with Crippen LogP contribution in [-0.4, -0.2) is 32.2 Å². The van der Waals surface area contributed by atoms with Crippen LogP contribution in [0.1, 0.15) is 5.56 Å². The van der Waals surface area contributed by atoms with Gasteiger partial charge in [0.15, 0.2) is 0 Å². The molecule has 21 heavy (non-hydrogen) atoms. The summed E-state index contributed by atoms with van der Waals surface area (Å²) in [5.41, 5.74) is 2.11. The van der Waals surface area contributed by atoms with Crippen LogP contribution in [0.15, 0.2) is 53.4 Å². The Morgan fingerprint density at radius 3 is 1.81 bits per heavy atom. The van der Waals surface area contributed by atoms with Crippen LogP contribution in [-0.2, 0) is 10.1 Å². The Kier molecular flexibility index (Phi) is 5.90. The first kappa shape index (κ1) is 17.2. The van der Waals surface area contributed by atoms with Gasteiger partial charge in [0.1, 0.15) is 21.6 Å². The lowest BCUT2D eigenvalue weighted by molar-refractivity contribution is -0.786. The summed E-state index contributed by atoms with van der Waals surface area (Å²) in [5.74, 6) is 0.324. The molecular weight excluding hydrogens is 290 g/mol. The molecule has 0 radical (unpaired) electrons. The number of phenolic OH excluding ortho intramolecular Hbond substituents is 1. The molecule has 0 unspecified atom stereocenters. The molecule has 0 aliphatic rings. The Morgan fingerprint density at radius 2 is 1.43 bits per heavy atom. The van der Waals surface area contributed by atoms with Crippen molar-refractivity contribution in [2.45, 2.75) is 11.8 Å². The summed E-state index contributed by atoms with van der Waals surface area (Å²) in [6.07, 6.45) is 0. The third kappa shape index (κ3) is 5.95. The average molecular weight is 309 g/mol. The van der Waals surface area contributed by atoms with Gasteiger partial charge in [-0.25, -0.2) is 8.42 Å². The number of hydrogen-bond acceptors (Lipinski definition) is 4. The Labute approximate surface area is 125 Å². The van der Waals surface area contributed by atoms with Gasteiger partial charge in [0.25, 0.3) is 0 Å². The molecule has 0 aliphatic heterocycles. The maximum absolute atomic E-state index is 10.4. The van der Waals surface area contributed by atoms with Gasteiger partial charge in [-0.3, -0.25) is 0 Å². The van der Waals surface area contributed by atoms with E-state index in [0.717, 1.165) is 5.56 Å². The fourth-order valence-corrected chi connectivity index (χ4v) is 1.97. The second kappa shape index (κ2) is 7.21. The molecule has 0 saturated carbocycles. The summed E-state index contributed by atoms with van der Waals surface area (Å²) in [6.45, 7) is 1.82. The standard InChI is InChI=1S/C8H11NO.C7H8O3S/c1-9(2)7-3-5-8(10)6-4-7;1-6-2-4-7(5-3-6)11(8,9)10/h3-6,10H,1-2H3;2-5H,1H3,(H,8,9,10). The zero-order valence-electron chi connectivity index (χ0n) is 12.2. The molecule has 0 atom stereocenters. The van der Waals surface area contributed by atoms with E-state index in [1.54, 1.807) is 24.3 Å². The lowest BCUT2D eigenvalue weighted by Gasteiger charge is -2.05. The van der Waals surface area contributed by atoms with Crippen molar-refractivity contribution < 1.29 is 23.0 Å². The van der Waals surface area contributed by atoms with Crippen molar-refractivity contribution >= 4 is 15.8 Å². The monoisotopic (exact) mass is 309 g/mol. The van der Waals surface area contributed by atoms with Crippen LogP contribution >= 0.6 is 0 Å². The summed E-state index contributed by atoms with van der Waals surface area (Å²) in [5, 5.41) is 8.93. The van der Waals surface area contributed by atoms with Gasteiger partial charge in [0.05, 0.1) is 19.0 Å². The largest absolute Gasteiger partial charge is 0.744 e. The molecule has 5 nitrogen and oxygen atoms in total. The molecule has 0 heterocycles. The number of quaternary nitrogens is 1. The van der Waals surface area contributed by atoms with Crippen molar-refractivity contribution in [1.82, 2.24) is 0 Å². The minimum absolute atomic E-state index is 0.178. The van der Waals surface area contributed by atoms with Gasteiger partial charge >= 0.3 is 0 Å². The van der Waals surface area contributed by atoms with Crippen LogP contribution in [0.25, 0.3) is 0 Å². The van der Waals surface area contributed by atoms with Gasteiger partial charge in [0, 0.05) is 12.1 Å². The predicted octanol–water partition coefficient (Wildman–Crippen LogP) is 1.07. The molecule has 0 fully saturated rings. The fourth-order valence-electron chi connectivity index (χ4n) is 1.50. The summed E-state index contributed by atoms with van der Waals surface area (Å²) in [4.78, 5) is 1.09. The van der Waals surface area contributed by atoms with E-state index in [0.29, 0.717) is 5.75 Å². The molecule has 2 rings (SSSR count). The Morgan fingerprint density at radius 1 is 0.952 bits per heavy atom. The number of phenols is 1. The Hall–Kier alpha value is -1.89. The zero-order chi connectivity index (χ0) is 16.0. The van der Waals surface area contributed by atoms with Crippen molar-refractivity contribution in [1.29, 1.82) is 0 Å². The quantitative estimate of drug-likeness (QED) is 0.642. The van der Waals surface area contributed by atoms with Crippen LogP contribution in [0.2, 0.25) is 0 Å². The minimum atomic E-state index is -4.27. The van der Waals surface area contributed by atoms with Gasteiger partial charge in [-0.2, -0.15) is 0 Å². The van der Waals surface area contributed by atoms with Crippen LogP contribution in [0.5, 0.6) is 5.75 Å².